The number of carbonyl (C=O) groups excluding carboxylic acids is 1. The lowest BCUT2D eigenvalue weighted by molar-refractivity contribution is -0.128. The number of rotatable bonds is 4. The number of nitrogens with zero attached hydrogens (tertiary/aromatic N) is 1. The molecule has 4 heteroatoms. The van der Waals surface area contributed by atoms with Crippen molar-refractivity contribution in [3.63, 3.8) is 0 Å². The van der Waals surface area contributed by atoms with Gasteiger partial charge in [0.25, 0.3) is 0 Å². The van der Waals surface area contributed by atoms with E-state index in [1.165, 1.54) is 0 Å². The van der Waals surface area contributed by atoms with Gasteiger partial charge in [-0.1, -0.05) is 13.8 Å². The quantitative estimate of drug-likeness (QED) is 0.662. The summed E-state index contributed by atoms with van der Waals surface area (Å²) in [5, 5.41) is 12.3. The molecule has 82 valence electrons. The van der Waals surface area contributed by atoms with Crippen LogP contribution >= 0.6 is 0 Å². The number of likely N-dealkylation sites (tertiary alicyclic amines) is 1. The molecule has 0 aliphatic carbocycles. The first-order valence-electron chi connectivity index (χ1n) is 5.18. The van der Waals surface area contributed by atoms with Crippen LogP contribution in [0.3, 0.4) is 0 Å². The largest absolute Gasteiger partial charge is 0.395 e. The zero-order valence-corrected chi connectivity index (χ0v) is 9.16. The van der Waals surface area contributed by atoms with Gasteiger partial charge in [-0.05, 0) is 12.3 Å². The number of carbonyl (C=O) groups is 1. The van der Waals surface area contributed by atoms with E-state index in [9.17, 15) is 4.79 Å². The number of amides is 1. The lowest BCUT2D eigenvalue weighted by Gasteiger charge is -2.23. The molecule has 0 aromatic heterocycles. The summed E-state index contributed by atoms with van der Waals surface area (Å²) in [5.41, 5.74) is 0. The fourth-order valence-corrected chi connectivity index (χ4v) is 1.69. The first-order valence-corrected chi connectivity index (χ1v) is 5.18. The van der Waals surface area contributed by atoms with Crippen LogP contribution in [-0.4, -0.2) is 48.2 Å². The Morgan fingerprint density at radius 2 is 2.29 bits per heavy atom. The van der Waals surface area contributed by atoms with E-state index in [4.69, 9.17) is 5.11 Å². The maximum Gasteiger partial charge on any atom is 0.239 e. The van der Waals surface area contributed by atoms with Crippen molar-refractivity contribution < 1.29 is 9.90 Å². The molecule has 0 bridgehead atoms. The minimum atomic E-state index is -0.0976. The molecule has 1 heterocycles. The highest BCUT2D eigenvalue weighted by molar-refractivity contribution is 5.83. The Labute approximate surface area is 85.3 Å². The molecule has 1 aliphatic heterocycles. The van der Waals surface area contributed by atoms with Gasteiger partial charge >= 0.3 is 0 Å². The molecule has 14 heavy (non-hydrogen) atoms. The lowest BCUT2D eigenvalue weighted by Crippen LogP contribution is -2.47. The topological polar surface area (TPSA) is 52.6 Å². The molecular formula is C10H20N2O2. The Morgan fingerprint density at radius 3 is 2.64 bits per heavy atom. The molecule has 2 atom stereocenters. The molecule has 0 radical (unpaired) electrons. The first-order chi connectivity index (χ1) is 6.56. The van der Waals surface area contributed by atoms with E-state index < -0.39 is 0 Å². The van der Waals surface area contributed by atoms with E-state index in [2.05, 4.69) is 5.32 Å². The van der Waals surface area contributed by atoms with Gasteiger partial charge in [-0.15, -0.1) is 0 Å². The third kappa shape index (κ3) is 2.45. The molecule has 1 unspecified atom stereocenters. The highest BCUT2D eigenvalue weighted by Crippen LogP contribution is 2.11. The number of aliphatic hydroxyl groups excluding tert-OH is 1. The molecule has 0 aromatic rings. The van der Waals surface area contributed by atoms with Crippen LogP contribution < -0.4 is 5.32 Å². The maximum absolute atomic E-state index is 11.6. The van der Waals surface area contributed by atoms with Crippen molar-refractivity contribution in [1.82, 2.24) is 10.2 Å². The van der Waals surface area contributed by atoms with Crippen LogP contribution in [-0.2, 0) is 4.79 Å². The summed E-state index contributed by atoms with van der Waals surface area (Å²) in [7, 11) is 1.81. The second-order valence-electron chi connectivity index (χ2n) is 4.30. The zero-order chi connectivity index (χ0) is 10.7. The number of likely N-dealkylation sites (N-methyl/N-ethyl adjacent to an activating group) is 1. The number of hydrogen-bond acceptors (Lipinski definition) is 3. The number of hydrogen-bond donors (Lipinski definition) is 2. The summed E-state index contributed by atoms with van der Waals surface area (Å²) in [6, 6.07) is -0.0741. The first kappa shape index (κ1) is 11.5. The van der Waals surface area contributed by atoms with E-state index in [0.717, 1.165) is 13.0 Å². The maximum atomic E-state index is 11.6. The van der Waals surface area contributed by atoms with Crippen LogP contribution in [0.25, 0.3) is 0 Å². The standard InChI is InChI=1S/C10H20N2O2/c1-7(2)9(6-13)11-8-4-5-12(3)10(8)14/h7-9,11,13H,4-6H2,1-3H3/t8?,9-/m1/s1. The lowest BCUT2D eigenvalue weighted by atomic mass is 10.0. The third-order valence-corrected chi connectivity index (χ3v) is 2.84. The van der Waals surface area contributed by atoms with Crippen LogP contribution in [0.2, 0.25) is 0 Å². The van der Waals surface area contributed by atoms with Crippen molar-refractivity contribution in [2.45, 2.75) is 32.4 Å². The van der Waals surface area contributed by atoms with Gasteiger partial charge in [0.05, 0.1) is 12.6 Å². The molecule has 1 aliphatic rings. The van der Waals surface area contributed by atoms with Gasteiger partial charge in [0.2, 0.25) is 5.91 Å². The van der Waals surface area contributed by atoms with Crippen LogP contribution in [0, 0.1) is 5.92 Å². The number of nitrogens with one attached hydrogen (secondary N) is 1. The predicted octanol–water partition coefficient (Wildman–Crippen LogP) is -0.176. The average molecular weight is 200 g/mol. The van der Waals surface area contributed by atoms with E-state index in [1.807, 2.05) is 20.9 Å². The fraction of sp³-hybridized carbons (Fsp3) is 0.900. The predicted molar refractivity (Wildman–Crippen MR) is 54.9 cm³/mol. The summed E-state index contributed by atoms with van der Waals surface area (Å²) in [6.45, 7) is 4.98. The Morgan fingerprint density at radius 1 is 1.64 bits per heavy atom. The van der Waals surface area contributed by atoms with Crippen LogP contribution in [0.4, 0.5) is 0 Å². The Kier molecular flexibility index (Phi) is 3.89. The van der Waals surface area contributed by atoms with Crippen LogP contribution in [0.5, 0.6) is 0 Å². The second-order valence-corrected chi connectivity index (χ2v) is 4.30. The summed E-state index contributed by atoms with van der Waals surface area (Å²) in [5.74, 6) is 0.489. The molecule has 0 spiro atoms. The van der Waals surface area contributed by atoms with Crippen molar-refractivity contribution in [2.24, 2.45) is 5.92 Å². The monoisotopic (exact) mass is 200 g/mol. The van der Waals surface area contributed by atoms with Crippen molar-refractivity contribution in [3.8, 4) is 0 Å². The highest BCUT2D eigenvalue weighted by Gasteiger charge is 2.30. The molecular weight excluding hydrogens is 180 g/mol. The van der Waals surface area contributed by atoms with E-state index in [0.29, 0.717) is 5.92 Å². The van der Waals surface area contributed by atoms with E-state index in [-0.39, 0.29) is 24.6 Å². The van der Waals surface area contributed by atoms with Crippen LogP contribution in [0.15, 0.2) is 0 Å². The van der Waals surface area contributed by atoms with Gasteiger partial charge in [-0.2, -0.15) is 0 Å². The molecule has 0 saturated carbocycles. The summed E-state index contributed by atoms with van der Waals surface area (Å²) < 4.78 is 0. The van der Waals surface area contributed by atoms with Gasteiger partial charge in [0.15, 0.2) is 0 Å². The smallest absolute Gasteiger partial charge is 0.239 e. The third-order valence-electron chi connectivity index (χ3n) is 2.84. The van der Waals surface area contributed by atoms with E-state index >= 15 is 0 Å². The van der Waals surface area contributed by atoms with Gasteiger partial charge in [0.1, 0.15) is 0 Å². The second kappa shape index (κ2) is 4.75. The molecule has 1 saturated heterocycles. The summed E-state index contributed by atoms with van der Waals surface area (Å²) >= 11 is 0. The van der Waals surface area contributed by atoms with Gasteiger partial charge in [0, 0.05) is 19.6 Å². The molecule has 1 rings (SSSR count). The normalized spacial score (nSPS) is 24.8. The highest BCUT2D eigenvalue weighted by atomic mass is 16.3. The Hall–Kier alpha value is -0.610. The average Bonchev–Trinajstić information content (AvgIpc) is 2.44. The van der Waals surface area contributed by atoms with Crippen LogP contribution in [0.1, 0.15) is 20.3 Å². The van der Waals surface area contributed by atoms with Gasteiger partial charge in [-0.25, -0.2) is 0 Å². The minimum absolute atomic E-state index is 0.0236. The van der Waals surface area contributed by atoms with Gasteiger partial charge in [-0.3, -0.25) is 4.79 Å². The Balaban J connectivity index is 2.47. The Bertz CT molecular complexity index is 206. The molecule has 4 nitrogen and oxygen atoms in total. The molecule has 0 aromatic carbocycles. The van der Waals surface area contributed by atoms with E-state index in [1.54, 1.807) is 4.90 Å². The molecule has 1 amide bonds. The summed E-state index contributed by atoms with van der Waals surface area (Å²) in [4.78, 5) is 13.3. The van der Waals surface area contributed by atoms with Crippen molar-refractivity contribution in [1.29, 1.82) is 0 Å². The van der Waals surface area contributed by atoms with Gasteiger partial charge < -0.3 is 15.3 Å². The fourth-order valence-electron chi connectivity index (χ4n) is 1.69. The SMILES string of the molecule is CC(C)[C@@H](CO)NC1CCN(C)C1=O. The molecule has 1 fully saturated rings. The minimum Gasteiger partial charge on any atom is -0.395 e. The number of aliphatic hydroxyl groups is 1. The summed E-state index contributed by atoms with van der Waals surface area (Å²) in [6.07, 6.45) is 0.846. The molecule has 2 N–H and O–H groups in total. The van der Waals surface area contributed by atoms with Crippen molar-refractivity contribution in [2.75, 3.05) is 20.2 Å². The zero-order valence-electron chi connectivity index (χ0n) is 9.16. The van der Waals surface area contributed by atoms with Crippen molar-refractivity contribution in [3.05, 3.63) is 0 Å². The van der Waals surface area contributed by atoms with Crippen molar-refractivity contribution >= 4 is 5.91 Å².